The number of halogens is 1. The first-order valence-corrected chi connectivity index (χ1v) is 12.8. The molecule has 7 nitrogen and oxygen atoms in total. The number of hydrogen-bond donors (Lipinski definition) is 1. The van der Waals surface area contributed by atoms with Crippen molar-refractivity contribution in [2.24, 2.45) is 0 Å². The Bertz CT molecular complexity index is 1220. The third-order valence-electron chi connectivity index (χ3n) is 5.15. The van der Waals surface area contributed by atoms with Crippen LogP contribution in [0.4, 0.5) is 10.1 Å². The molecule has 0 unspecified atom stereocenters. The minimum atomic E-state index is -3.64. The summed E-state index contributed by atoms with van der Waals surface area (Å²) in [6.45, 7) is 4.31. The molecule has 1 fully saturated rings. The summed E-state index contributed by atoms with van der Waals surface area (Å²) in [6.07, 6.45) is -0.269. The lowest BCUT2D eigenvalue weighted by Gasteiger charge is -2.34. The second-order valence-electron chi connectivity index (χ2n) is 7.98. The topological polar surface area (TPSA) is 88.6 Å². The molecule has 1 amide bonds. The Balaban J connectivity index is 1.38. The normalized spacial score (nSPS) is 19.4. The smallest absolute Gasteiger partial charge is 0.243 e. The van der Waals surface area contributed by atoms with Crippen LogP contribution in [0.2, 0.25) is 0 Å². The van der Waals surface area contributed by atoms with Crippen LogP contribution < -0.4 is 5.32 Å². The molecule has 174 valence electrons. The number of amides is 1. The number of nitrogens with zero attached hydrogens (tertiary/aromatic N) is 2. The van der Waals surface area contributed by atoms with Crippen LogP contribution in [0.5, 0.6) is 0 Å². The van der Waals surface area contributed by atoms with Crippen molar-refractivity contribution in [1.82, 2.24) is 9.29 Å². The second kappa shape index (κ2) is 9.68. The molecule has 2 atom stereocenters. The average Bonchev–Trinajstić information content (AvgIpc) is 3.22. The van der Waals surface area contributed by atoms with E-state index in [0.29, 0.717) is 29.5 Å². The van der Waals surface area contributed by atoms with Gasteiger partial charge < -0.3 is 10.1 Å². The van der Waals surface area contributed by atoms with Gasteiger partial charge in [0.15, 0.2) is 0 Å². The minimum Gasteiger partial charge on any atom is -0.373 e. The van der Waals surface area contributed by atoms with Crippen LogP contribution in [-0.4, -0.2) is 48.9 Å². The van der Waals surface area contributed by atoms with Gasteiger partial charge in [-0.3, -0.25) is 4.79 Å². The number of benzene rings is 2. The molecule has 0 radical (unpaired) electrons. The molecule has 2 heterocycles. The van der Waals surface area contributed by atoms with E-state index in [4.69, 9.17) is 4.74 Å². The summed E-state index contributed by atoms with van der Waals surface area (Å²) in [5.74, 6) is -0.583. The molecule has 33 heavy (non-hydrogen) atoms. The van der Waals surface area contributed by atoms with Gasteiger partial charge >= 0.3 is 0 Å². The Hall–Kier alpha value is -2.66. The van der Waals surface area contributed by atoms with Gasteiger partial charge in [0.25, 0.3) is 0 Å². The van der Waals surface area contributed by atoms with Crippen LogP contribution in [0.15, 0.2) is 58.8 Å². The van der Waals surface area contributed by atoms with E-state index in [9.17, 15) is 17.6 Å². The summed E-state index contributed by atoms with van der Waals surface area (Å²) in [4.78, 5) is 17.1. The molecule has 2 aromatic carbocycles. The van der Waals surface area contributed by atoms with E-state index in [2.05, 4.69) is 10.3 Å². The Labute approximate surface area is 196 Å². The zero-order valence-electron chi connectivity index (χ0n) is 18.2. The highest BCUT2D eigenvalue weighted by molar-refractivity contribution is 7.89. The Morgan fingerprint density at radius 1 is 1.12 bits per heavy atom. The highest BCUT2D eigenvalue weighted by Crippen LogP contribution is 2.25. The maximum Gasteiger partial charge on any atom is 0.243 e. The maximum absolute atomic E-state index is 13.1. The fraction of sp³-hybridized carbons (Fsp3) is 0.304. The monoisotopic (exact) mass is 489 g/mol. The summed E-state index contributed by atoms with van der Waals surface area (Å²) in [7, 11) is -3.64. The van der Waals surface area contributed by atoms with E-state index in [1.165, 1.54) is 39.9 Å². The van der Waals surface area contributed by atoms with Crippen molar-refractivity contribution >= 4 is 33.0 Å². The quantitative estimate of drug-likeness (QED) is 0.567. The first kappa shape index (κ1) is 23.5. The number of ether oxygens (including phenoxy) is 1. The maximum atomic E-state index is 13.1. The van der Waals surface area contributed by atoms with Gasteiger partial charge in [-0.1, -0.05) is 0 Å². The molecular weight excluding hydrogens is 465 g/mol. The van der Waals surface area contributed by atoms with E-state index in [0.717, 1.165) is 5.56 Å². The molecule has 0 saturated carbocycles. The van der Waals surface area contributed by atoms with Crippen LogP contribution in [-0.2, 0) is 26.0 Å². The molecule has 0 spiro atoms. The van der Waals surface area contributed by atoms with Gasteiger partial charge in [0.05, 0.1) is 29.2 Å². The lowest BCUT2D eigenvalue weighted by Crippen LogP contribution is -2.48. The largest absolute Gasteiger partial charge is 0.373 e. The Morgan fingerprint density at radius 3 is 2.39 bits per heavy atom. The van der Waals surface area contributed by atoms with Crippen molar-refractivity contribution in [3.05, 3.63) is 65.4 Å². The fourth-order valence-corrected chi connectivity index (χ4v) is 6.09. The highest BCUT2D eigenvalue weighted by atomic mass is 32.2. The van der Waals surface area contributed by atoms with Gasteiger partial charge in [0.1, 0.15) is 10.8 Å². The number of aromatic nitrogens is 1. The number of morpholine rings is 1. The standard InChI is InChI=1S/C23H24FN3O4S2/c1-15-12-27(13-16(2)31-15)33(29,30)21-9-7-19(8-10-21)25-22(28)11-20-14-32-23(26-20)17-3-5-18(24)6-4-17/h3-10,14-16H,11-13H2,1-2H3,(H,25,28)/t15-,16-/m1/s1. The van der Waals surface area contributed by atoms with Crippen LogP contribution in [0.1, 0.15) is 19.5 Å². The number of hydrogen-bond acceptors (Lipinski definition) is 6. The molecule has 0 bridgehead atoms. The van der Waals surface area contributed by atoms with Gasteiger partial charge in [0, 0.05) is 29.7 Å². The van der Waals surface area contributed by atoms with Crippen LogP contribution >= 0.6 is 11.3 Å². The third-order valence-corrected chi connectivity index (χ3v) is 7.93. The Morgan fingerprint density at radius 2 is 1.76 bits per heavy atom. The predicted molar refractivity (Wildman–Crippen MR) is 125 cm³/mol. The lowest BCUT2D eigenvalue weighted by molar-refractivity contribution is -0.115. The molecule has 10 heteroatoms. The first-order chi connectivity index (χ1) is 15.7. The van der Waals surface area contributed by atoms with Gasteiger partial charge in [-0.15, -0.1) is 11.3 Å². The highest BCUT2D eigenvalue weighted by Gasteiger charge is 2.32. The fourth-order valence-electron chi connectivity index (χ4n) is 3.67. The molecule has 4 rings (SSSR count). The van der Waals surface area contributed by atoms with E-state index >= 15 is 0 Å². The lowest BCUT2D eigenvalue weighted by atomic mass is 10.2. The van der Waals surface area contributed by atoms with Crippen molar-refractivity contribution in [3.63, 3.8) is 0 Å². The molecule has 1 aliphatic rings. The summed E-state index contributed by atoms with van der Waals surface area (Å²) in [5.41, 5.74) is 1.89. The molecule has 1 N–H and O–H groups in total. The zero-order chi connectivity index (χ0) is 23.6. The number of nitrogens with one attached hydrogen (secondary N) is 1. The van der Waals surface area contributed by atoms with Crippen LogP contribution in [0.25, 0.3) is 10.6 Å². The van der Waals surface area contributed by atoms with E-state index in [-0.39, 0.29) is 35.2 Å². The summed E-state index contributed by atoms with van der Waals surface area (Å²) >= 11 is 1.38. The number of carbonyl (C=O) groups excluding carboxylic acids is 1. The molecule has 1 aromatic heterocycles. The third kappa shape index (κ3) is 5.64. The van der Waals surface area contributed by atoms with Gasteiger partial charge in [-0.2, -0.15) is 4.31 Å². The van der Waals surface area contributed by atoms with E-state index in [1.807, 2.05) is 13.8 Å². The molecule has 3 aromatic rings. The van der Waals surface area contributed by atoms with E-state index < -0.39 is 10.0 Å². The summed E-state index contributed by atoms with van der Waals surface area (Å²) < 4.78 is 46.0. The molecule has 0 aliphatic carbocycles. The number of rotatable bonds is 6. The van der Waals surface area contributed by atoms with Crippen molar-refractivity contribution in [2.45, 2.75) is 37.4 Å². The number of carbonyl (C=O) groups is 1. The van der Waals surface area contributed by atoms with Gasteiger partial charge in [-0.05, 0) is 62.4 Å². The summed E-state index contributed by atoms with van der Waals surface area (Å²) in [5, 5.41) is 5.26. The molecule has 1 saturated heterocycles. The van der Waals surface area contributed by atoms with Crippen LogP contribution in [0, 0.1) is 5.82 Å². The van der Waals surface area contributed by atoms with Crippen molar-refractivity contribution in [3.8, 4) is 10.6 Å². The van der Waals surface area contributed by atoms with Gasteiger partial charge in [-0.25, -0.2) is 17.8 Å². The number of sulfonamides is 1. The number of anilines is 1. The van der Waals surface area contributed by atoms with Crippen molar-refractivity contribution < 1.29 is 22.3 Å². The molecular formula is C23H24FN3O4S2. The van der Waals surface area contributed by atoms with E-state index in [1.54, 1.807) is 29.6 Å². The van der Waals surface area contributed by atoms with Crippen molar-refractivity contribution in [2.75, 3.05) is 18.4 Å². The Kier molecular flexibility index (Phi) is 6.89. The van der Waals surface area contributed by atoms with Gasteiger partial charge in [0.2, 0.25) is 15.9 Å². The second-order valence-corrected chi connectivity index (χ2v) is 10.8. The first-order valence-electron chi connectivity index (χ1n) is 10.5. The minimum absolute atomic E-state index is 0.0707. The van der Waals surface area contributed by atoms with Crippen LogP contribution in [0.3, 0.4) is 0 Å². The average molecular weight is 490 g/mol. The number of thiazole rings is 1. The van der Waals surface area contributed by atoms with Crippen molar-refractivity contribution in [1.29, 1.82) is 0 Å². The zero-order valence-corrected chi connectivity index (χ0v) is 19.8. The predicted octanol–water partition coefficient (Wildman–Crippen LogP) is 3.93. The summed E-state index contributed by atoms with van der Waals surface area (Å²) in [6, 6.07) is 12.2. The SMILES string of the molecule is C[C@@H]1CN(S(=O)(=O)c2ccc(NC(=O)Cc3csc(-c4ccc(F)cc4)n3)cc2)C[C@@H](C)O1. The molecule has 1 aliphatic heterocycles.